The number of carbonyl (C=O) groups is 1. The number of carbonyl (C=O) groups excluding carboxylic acids is 1. The van der Waals surface area contributed by atoms with E-state index in [-0.39, 0.29) is 35.6 Å². The summed E-state index contributed by atoms with van der Waals surface area (Å²) in [5.74, 6) is -0.914. The first kappa shape index (κ1) is 14.5. The highest BCUT2D eigenvalue weighted by atomic mass is 16.5. The molecule has 0 spiro atoms. The molecule has 0 radical (unpaired) electrons. The molecule has 0 saturated carbocycles. The maximum Gasteiger partial charge on any atom is 0.262 e. The van der Waals surface area contributed by atoms with Crippen molar-refractivity contribution in [1.29, 1.82) is 0 Å². The van der Waals surface area contributed by atoms with Gasteiger partial charge in [0, 0.05) is 12.6 Å². The number of nitrogen functional groups attached to an aromatic ring is 1. The summed E-state index contributed by atoms with van der Waals surface area (Å²) in [4.78, 5) is 29.9. The van der Waals surface area contributed by atoms with Crippen molar-refractivity contribution >= 4 is 22.9 Å². The molecule has 1 fully saturated rings. The van der Waals surface area contributed by atoms with E-state index in [4.69, 9.17) is 21.3 Å². The molecule has 118 valence electrons. The fourth-order valence-electron chi connectivity index (χ4n) is 2.63. The van der Waals surface area contributed by atoms with Gasteiger partial charge >= 0.3 is 0 Å². The number of nitrogens with two attached hydrogens (primary N) is 2. The Balaban J connectivity index is 2.19. The summed E-state index contributed by atoms with van der Waals surface area (Å²) in [5, 5.41) is 19.0. The van der Waals surface area contributed by atoms with Gasteiger partial charge in [0.05, 0.1) is 23.7 Å². The molecule has 1 saturated heterocycles. The molecule has 0 bridgehead atoms. The van der Waals surface area contributed by atoms with Gasteiger partial charge in [0.2, 0.25) is 5.95 Å². The van der Waals surface area contributed by atoms with Gasteiger partial charge in [-0.25, -0.2) is 0 Å². The fraction of sp³-hybridized carbons (Fsp3) is 0.417. The topological polar surface area (TPSA) is 169 Å². The van der Waals surface area contributed by atoms with Crippen molar-refractivity contribution < 1.29 is 19.7 Å². The van der Waals surface area contributed by atoms with Gasteiger partial charge in [-0.3, -0.25) is 14.6 Å². The first-order chi connectivity index (χ1) is 10.4. The lowest BCUT2D eigenvalue weighted by Crippen LogP contribution is -2.24. The first-order valence-corrected chi connectivity index (χ1v) is 6.57. The molecular formula is C12H15N5O5. The fourth-order valence-corrected chi connectivity index (χ4v) is 2.63. The van der Waals surface area contributed by atoms with Crippen molar-refractivity contribution in [3.8, 4) is 0 Å². The predicted octanol–water partition coefficient (Wildman–Crippen LogP) is -1.95. The molecule has 2 aromatic heterocycles. The van der Waals surface area contributed by atoms with E-state index in [0.29, 0.717) is 0 Å². The number of nitrogens with one attached hydrogen (secondary N) is 1. The predicted molar refractivity (Wildman–Crippen MR) is 74.9 cm³/mol. The van der Waals surface area contributed by atoms with Crippen molar-refractivity contribution in [2.75, 3.05) is 12.3 Å². The molecule has 10 nitrogen and oxygen atoms in total. The molecule has 3 heterocycles. The highest BCUT2D eigenvalue weighted by Crippen LogP contribution is 2.32. The molecule has 0 unspecified atom stereocenters. The monoisotopic (exact) mass is 309 g/mol. The molecule has 1 aliphatic rings. The third kappa shape index (κ3) is 2.13. The summed E-state index contributed by atoms with van der Waals surface area (Å²) in [6, 6.07) is 0. The van der Waals surface area contributed by atoms with E-state index >= 15 is 0 Å². The van der Waals surface area contributed by atoms with Crippen LogP contribution in [0, 0.1) is 0 Å². The Kier molecular flexibility index (Phi) is 3.35. The van der Waals surface area contributed by atoms with Crippen LogP contribution in [0.1, 0.15) is 23.0 Å². The van der Waals surface area contributed by atoms with Gasteiger partial charge in [-0.05, 0) is 0 Å². The van der Waals surface area contributed by atoms with Crippen molar-refractivity contribution in [3.63, 3.8) is 0 Å². The molecular weight excluding hydrogens is 294 g/mol. The molecule has 1 amide bonds. The van der Waals surface area contributed by atoms with Crippen LogP contribution in [-0.2, 0) is 4.74 Å². The lowest BCUT2D eigenvalue weighted by molar-refractivity contribution is -0.0430. The van der Waals surface area contributed by atoms with E-state index in [2.05, 4.69) is 9.97 Å². The zero-order chi connectivity index (χ0) is 16.0. The largest absolute Gasteiger partial charge is 0.394 e. The number of aliphatic hydroxyl groups excluding tert-OH is 2. The number of aliphatic hydroxyl groups is 2. The summed E-state index contributed by atoms with van der Waals surface area (Å²) in [5.41, 5.74) is 10.3. The number of H-pyrrole nitrogens is 1. The molecule has 3 rings (SSSR count). The van der Waals surface area contributed by atoms with Crippen molar-refractivity contribution in [2.24, 2.45) is 5.73 Å². The average molecular weight is 309 g/mol. The molecule has 3 atom stereocenters. The molecule has 0 aliphatic carbocycles. The Hall–Kier alpha value is -2.43. The summed E-state index contributed by atoms with van der Waals surface area (Å²) in [6.07, 6.45) is -0.813. The Morgan fingerprint density at radius 1 is 1.59 bits per heavy atom. The van der Waals surface area contributed by atoms with Crippen LogP contribution < -0.4 is 17.0 Å². The summed E-state index contributed by atoms with van der Waals surface area (Å²) in [6.45, 7) is -0.351. The van der Waals surface area contributed by atoms with Gasteiger partial charge < -0.3 is 31.0 Å². The SMILES string of the molecule is NC(=O)c1cn([C@H]2C[C@H](O)[C@@H](CO)O2)c2nc(N)[nH]c(=O)c12. The van der Waals surface area contributed by atoms with Gasteiger partial charge in [-0.2, -0.15) is 4.98 Å². The minimum atomic E-state index is -0.871. The van der Waals surface area contributed by atoms with Crippen LogP contribution in [0.5, 0.6) is 0 Å². The zero-order valence-electron chi connectivity index (χ0n) is 11.4. The highest BCUT2D eigenvalue weighted by Gasteiger charge is 2.36. The van der Waals surface area contributed by atoms with Crippen molar-refractivity contribution in [3.05, 3.63) is 22.1 Å². The smallest absolute Gasteiger partial charge is 0.262 e. The van der Waals surface area contributed by atoms with Crippen molar-refractivity contribution in [1.82, 2.24) is 14.5 Å². The van der Waals surface area contributed by atoms with Crippen LogP contribution in [0.25, 0.3) is 11.0 Å². The van der Waals surface area contributed by atoms with E-state index in [9.17, 15) is 14.7 Å². The van der Waals surface area contributed by atoms with Gasteiger partial charge in [-0.1, -0.05) is 0 Å². The number of hydrogen-bond acceptors (Lipinski definition) is 7. The Bertz CT molecular complexity index is 797. The number of primary amides is 1. The average Bonchev–Trinajstić information content (AvgIpc) is 2.99. The van der Waals surface area contributed by atoms with E-state index in [1.54, 1.807) is 0 Å². The van der Waals surface area contributed by atoms with E-state index < -0.39 is 29.9 Å². The van der Waals surface area contributed by atoms with Gasteiger partial charge in [-0.15, -0.1) is 0 Å². The van der Waals surface area contributed by atoms with Crippen LogP contribution in [0.2, 0.25) is 0 Å². The van der Waals surface area contributed by atoms with E-state index in [0.717, 1.165) is 0 Å². The van der Waals surface area contributed by atoms with Gasteiger partial charge in [0.25, 0.3) is 11.5 Å². The lowest BCUT2D eigenvalue weighted by atomic mass is 10.2. The lowest BCUT2D eigenvalue weighted by Gasteiger charge is -2.14. The normalized spacial score (nSPS) is 24.9. The quantitative estimate of drug-likeness (QED) is 0.438. The molecule has 1 aliphatic heterocycles. The van der Waals surface area contributed by atoms with Gasteiger partial charge in [0.15, 0.2) is 5.65 Å². The highest BCUT2D eigenvalue weighted by molar-refractivity contribution is 6.05. The minimum Gasteiger partial charge on any atom is -0.394 e. The second-order valence-electron chi connectivity index (χ2n) is 5.08. The number of fused-ring (bicyclic) bond motifs is 1. The molecule has 7 N–H and O–H groups in total. The van der Waals surface area contributed by atoms with E-state index in [1.807, 2.05) is 0 Å². The Morgan fingerprint density at radius 2 is 2.32 bits per heavy atom. The molecule has 2 aromatic rings. The van der Waals surface area contributed by atoms with Crippen LogP contribution in [0.3, 0.4) is 0 Å². The number of nitrogens with zero attached hydrogens (tertiary/aromatic N) is 2. The number of amides is 1. The molecule has 10 heteroatoms. The van der Waals surface area contributed by atoms with E-state index in [1.165, 1.54) is 10.8 Å². The second-order valence-corrected chi connectivity index (χ2v) is 5.08. The number of ether oxygens (including phenoxy) is 1. The number of aromatic amines is 1. The summed E-state index contributed by atoms with van der Waals surface area (Å²) in [7, 11) is 0. The maximum absolute atomic E-state index is 12.0. The third-order valence-corrected chi connectivity index (χ3v) is 3.66. The van der Waals surface area contributed by atoms with Crippen LogP contribution >= 0.6 is 0 Å². The maximum atomic E-state index is 12.0. The minimum absolute atomic E-state index is 0.00670. The second kappa shape index (κ2) is 5.09. The Labute approximate surface area is 123 Å². The third-order valence-electron chi connectivity index (χ3n) is 3.66. The first-order valence-electron chi connectivity index (χ1n) is 6.57. The van der Waals surface area contributed by atoms with Gasteiger partial charge in [0.1, 0.15) is 12.3 Å². The Morgan fingerprint density at radius 3 is 2.91 bits per heavy atom. The van der Waals surface area contributed by atoms with Crippen LogP contribution in [0.15, 0.2) is 11.0 Å². The van der Waals surface area contributed by atoms with Crippen molar-refractivity contribution in [2.45, 2.75) is 24.9 Å². The molecule has 22 heavy (non-hydrogen) atoms. The standard InChI is InChI=1S/C12H15N5O5/c13-9(20)4-2-17(7-1-5(19)6(3-18)22-7)10-8(4)11(21)16-12(14)15-10/h2,5-7,18-19H,1,3H2,(H2,13,20)(H3,14,15,16,21)/t5-,6+,7+/m0/s1. The summed E-state index contributed by atoms with van der Waals surface area (Å²) < 4.78 is 6.92. The summed E-state index contributed by atoms with van der Waals surface area (Å²) >= 11 is 0. The molecule has 0 aromatic carbocycles. The number of hydrogen-bond donors (Lipinski definition) is 5. The van der Waals surface area contributed by atoms with Crippen LogP contribution in [-0.4, -0.2) is 49.5 Å². The van der Waals surface area contributed by atoms with Crippen LogP contribution in [0.4, 0.5) is 5.95 Å². The zero-order valence-corrected chi connectivity index (χ0v) is 11.4. The number of aromatic nitrogens is 3. The number of anilines is 1. The number of rotatable bonds is 3.